The highest BCUT2D eigenvalue weighted by atomic mass is 16.5. The van der Waals surface area contributed by atoms with Gasteiger partial charge in [0.2, 0.25) is 0 Å². The molecule has 0 amide bonds. The molecule has 2 aromatic carbocycles. The maximum Gasteiger partial charge on any atom is 0.135 e. The Bertz CT molecular complexity index is 780. The summed E-state index contributed by atoms with van der Waals surface area (Å²) in [6.45, 7) is 5.37. The van der Waals surface area contributed by atoms with Gasteiger partial charge in [0.1, 0.15) is 16.9 Å². The van der Waals surface area contributed by atoms with Crippen molar-refractivity contribution in [2.24, 2.45) is 0 Å². The van der Waals surface area contributed by atoms with Gasteiger partial charge in [-0.3, -0.25) is 0 Å². The fourth-order valence-electron chi connectivity index (χ4n) is 3.13. The van der Waals surface area contributed by atoms with Crippen molar-refractivity contribution in [2.45, 2.75) is 25.7 Å². The van der Waals surface area contributed by atoms with E-state index in [1.807, 2.05) is 24.3 Å². The minimum absolute atomic E-state index is 0.125. The molecular weight excluding hydrogens is 236 g/mol. The Morgan fingerprint density at radius 3 is 2.74 bits per heavy atom. The van der Waals surface area contributed by atoms with Gasteiger partial charge < -0.3 is 9.15 Å². The first kappa shape index (κ1) is 10.9. The van der Waals surface area contributed by atoms with Crippen LogP contribution in [0.5, 0.6) is 5.75 Å². The van der Waals surface area contributed by atoms with Crippen molar-refractivity contribution >= 4 is 21.9 Å². The quantitative estimate of drug-likeness (QED) is 0.581. The number of ether oxygens (including phenoxy) is 1. The van der Waals surface area contributed by atoms with E-state index in [1.165, 1.54) is 16.3 Å². The number of furan rings is 1. The van der Waals surface area contributed by atoms with E-state index in [0.717, 1.165) is 29.9 Å². The van der Waals surface area contributed by atoms with Gasteiger partial charge in [0.05, 0.1) is 6.61 Å². The summed E-state index contributed by atoms with van der Waals surface area (Å²) in [6.07, 6.45) is 1.04. The van der Waals surface area contributed by atoms with Crippen molar-refractivity contribution in [3.63, 3.8) is 0 Å². The summed E-state index contributed by atoms with van der Waals surface area (Å²) in [5.41, 5.74) is 3.33. The summed E-state index contributed by atoms with van der Waals surface area (Å²) >= 11 is 0. The molecule has 1 aromatic heterocycles. The molecule has 0 bridgehead atoms. The molecule has 0 radical (unpaired) electrons. The topological polar surface area (TPSA) is 22.4 Å². The molecule has 0 spiro atoms. The van der Waals surface area contributed by atoms with Gasteiger partial charge in [-0.25, -0.2) is 0 Å². The van der Waals surface area contributed by atoms with Gasteiger partial charge in [-0.05, 0) is 30.0 Å². The molecule has 0 fully saturated rings. The van der Waals surface area contributed by atoms with Crippen LogP contribution in [0.1, 0.15) is 25.8 Å². The third-order valence-corrected chi connectivity index (χ3v) is 4.17. The molecule has 2 heteroatoms. The van der Waals surface area contributed by atoms with Crippen LogP contribution < -0.4 is 4.74 Å². The Morgan fingerprint density at radius 2 is 1.84 bits per heavy atom. The van der Waals surface area contributed by atoms with Crippen molar-refractivity contribution < 1.29 is 9.15 Å². The van der Waals surface area contributed by atoms with Crippen LogP contribution in [0.3, 0.4) is 0 Å². The summed E-state index contributed by atoms with van der Waals surface area (Å²) < 4.78 is 11.8. The zero-order valence-electron chi connectivity index (χ0n) is 11.2. The third kappa shape index (κ3) is 1.43. The second kappa shape index (κ2) is 3.53. The molecule has 0 aliphatic carbocycles. The third-order valence-electron chi connectivity index (χ3n) is 4.17. The van der Waals surface area contributed by atoms with E-state index in [9.17, 15) is 0 Å². The van der Waals surface area contributed by atoms with Crippen LogP contribution in [0.2, 0.25) is 0 Å². The molecule has 2 heterocycles. The van der Waals surface area contributed by atoms with Crippen LogP contribution >= 0.6 is 0 Å². The predicted molar refractivity (Wildman–Crippen MR) is 76.9 cm³/mol. The average Bonchev–Trinajstić information content (AvgIpc) is 2.76. The smallest absolute Gasteiger partial charge is 0.135 e. The standard InChI is InChI=1S/C17H16O2/c1-17(2)9-10-18-14-8-7-13-15(16(14)17)11-5-3-4-6-12(11)19-13/h3-8H,9-10H2,1-2H3. The van der Waals surface area contributed by atoms with E-state index in [-0.39, 0.29) is 5.41 Å². The van der Waals surface area contributed by atoms with Gasteiger partial charge in [0.25, 0.3) is 0 Å². The molecule has 1 aliphatic heterocycles. The zero-order chi connectivity index (χ0) is 13.0. The Labute approximate surface area is 112 Å². The first-order valence-electron chi connectivity index (χ1n) is 6.74. The van der Waals surface area contributed by atoms with Gasteiger partial charge in [-0.1, -0.05) is 32.0 Å². The molecule has 0 unspecified atom stereocenters. The van der Waals surface area contributed by atoms with Crippen LogP contribution in [0, 0.1) is 0 Å². The number of fused-ring (bicyclic) bond motifs is 5. The lowest BCUT2D eigenvalue weighted by molar-refractivity contribution is 0.236. The van der Waals surface area contributed by atoms with E-state index >= 15 is 0 Å². The monoisotopic (exact) mass is 252 g/mol. The zero-order valence-corrected chi connectivity index (χ0v) is 11.2. The van der Waals surface area contributed by atoms with Gasteiger partial charge in [-0.2, -0.15) is 0 Å². The number of hydrogen-bond acceptors (Lipinski definition) is 2. The average molecular weight is 252 g/mol. The largest absolute Gasteiger partial charge is 0.493 e. The van der Waals surface area contributed by atoms with E-state index in [2.05, 4.69) is 26.0 Å². The van der Waals surface area contributed by atoms with E-state index in [0.29, 0.717) is 0 Å². The Hall–Kier alpha value is -1.96. The Balaban J connectivity index is 2.22. The van der Waals surface area contributed by atoms with Crippen LogP contribution in [-0.4, -0.2) is 6.61 Å². The SMILES string of the molecule is CC1(C)CCOc2ccc3oc4ccccc4c3c21. The normalized spacial score (nSPS) is 17.4. The van der Waals surface area contributed by atoms with Crippen molar-refractivity contribution in [3.8, 4) is 5.75 Å². The first-order chi connectivity index (χ1) is 9.17. The molecule has 19 heavy (non-hydrogen) atoms. The predicted octanol–water partition coefficient (Wildman–Crippen LogP) is 4.65. The molecule has 3 aromatic rings. The summed E-state index contributed by atoms with van der Waals surface area (Å²) in [4.78, 5) is 0. The van der Waals surface area contributed by atoms with Gasteiger partial charge in [0, 0.05) is 16.3 Å². The van der Waals surface area contributed by atoms with Crippen LogP contribution in [0.25, 0.3) is 21.9 Å². The number of para-hydroxylation sites is 1. The minimum atomic E-state index is 0.125. The van der Waals surface area contributed by atoms with Gasteiger partial charge >= 0.3 is 0 Å². The number of rotatable bonds is 0. The molecule has 0 N–H and O–H groups in total. The number of hydrogen-bond donors (Lipinski definition) is 0. The first-order valence-corrected chi connectivity index (χ1v) is 6.74. The summed E-state index contributed by atoms with van der Waals surface area (Å²) in [5, 5.41) is 2.41. The molecule has 4 rings (SSSR count). The Morgan fingerprint density at radius 1 is 1.00 bits per heavy atom. The molecule has 1 aliphatic rings. The summed E-state index contributed by atoms with van der Waals surface area (Å²) in [5.74, 6) is 1.01. The lowest BCUT2D eigenvalue weighted by Gasteiger charge is -2.32. The fraction of sp³-hybridized carbons (Fsp3) is 0.294. The highest BCUT2D eigenvalue weighted by Crippen LogP contribution is 2.45. The van der Waals surface area contributed by atoms with Crippen LogP contribution in [0.4, 0.5) is 0 Å². The van der Waals surface area contributed by atoms with Crippen LogP contribution in [-0.2, 0) is 5.41 Å². The van der Waals surface area contributed by atoms with E-state index < -0.39 is 0 Å². The highest BCUT2D eigenvalue weighted by Gasteiger charge is 2.32. The van der Waals surface area contributed by atoms with E-state index in [1.54, 1.807) is 0 Å². The lowest BCUT2D eigenvalue weighted by Crippen LogP contribution is -2.26. The Kier molecular flexibility index (Phi) is 2.03. The van der Waals surface area contributed by atoms with Crippen molar-refractivity contribution in [1.82, 2.24) is 0 Å². The molecule has 96 valence electrons. The van der Waals surface area contributed by atoms with Crippen LogP contribution in [0.15, 0.2) is 40.8 Å². The van der Waals surface area contributed by atoms with Crippen molar-refractivity contribution in [2.75, 3.05) is 6.61 Å². The molecule has 0 saturated carbocycles. The highest BCUT2D eigenvalue weighted by molar-refractivity contribution is 6.08. The van der Waals surface area contributed by atoms with Crippen molar-refractivity contribution in [3.05, 3.63) is 42.0 Å². The maximum absolute atomic E-state index is 5.96. The molecule has 0 saturated heterocycles. The second-order valence-electron chi connectivity index (χ2n) is 5.89. The van der Waals surface area contributed by atoms with E-state index in [4.69, 9.17) is 9.15 Å². The molecular formula is C17H16O2. The summed E-state index contributed by atoms with van der Waals surface area (Å²) in [6, 6.07) is 12.3. The lowest BCUT2D eigenvalue weighted by atomic mass is 9.78. The summed E-state index contributed by atoms with van der Waals surface area (Å²) in [7, 11) is 0. The van der Waals surface area contributed by atoms with Gasteiger partial charge in [0.15, 0.2) is 0 Å². The molecule has 0 atom stereocenters. The number of benzene rings is 2. The van der Waals surface area contributed by atoms with Gasteiger partial charge in [-0.15, -0.1) is 0 Å². The van der Waals surface area contributed by atoms with Crippen molar-refractivity contribution in [1.29, 1.82) is 0 Å². The fourth-order valence-corrected chi connectivity index (χ4v) is 3.13. The minimum Gasteiger partial charge on any atom is -0.493 e. The maximum atomic E-state index is 5.96. The molecule has 2 nitrogen and oxygen atoms in total. The second-order valence-corrected chi connectivity index (χ2v) is 5.89.